The van der Waals surface area contributed by atoms with E-state index in [0.29, 0.717) is 0 Å². The van der Waals surface area contributed by atoms with Crippen molar-refractivity contribution in [1.82, 2.24) is 5.32 Å². The molecule has 1 aromatic rings. The molecule has 0 spiro atoms. The first-order valence-electron chi connectivity index (χ1n) is 4.35. The summed E-state index contributed by atoms with van der Waals surface area (Å²) in [6.45, 7) is 1.68. The number of nitro groups is 1. The summed E-state index contributed by atoms with van der Waals surface area (Å²) in [6, 6.07) is 3.23. The highest BCUT2D eigenvalue weighted by Crippen LogP contribution is 2.28. The van der Waals surface area contributed by atoms with Crippen LogP contribution in [0.2, 0.25) is 0 Å². The van der Waals surface area contributed by atoms with Crippen LogP contribution in [0, 0.1) is 10.1 Å². The minimum atomic E-state index is -0.354. The maximum absolute atomic E-state index is 10.6. The Morgan fingerprint density at radius 2 is 2.29 bits per heavy atom. The molecule has 0 atom stereocenters. The Labute approximate surface area is 89.6 Å². The van der Waals surface area contributed by atoms with Crippen LogP contribution in [0.4, 0.5) is 5.69 Å². The fourth-order valence-electron chi connectivity index (χ4n) is 1.64. The molecule has 0 bridgehead atoms. The molecular formula is C9H9BrN2O2. The molecule has 1 aliphatic rings. The average Bonchev–Trinajstić information content (AvgIpc) is 2.17. The molecular weight excluding hydrogens is 248 g/mol. The Morgan fingerprint density at radius 1 is 1.50 bits per heavy atom. The highest BCUT2D eigenvalue weighted by Gasteiger charge is 2.17. The lowest BCUT2D eigenvalue weighted by atomic mass is 10.0. The molecule has 2 rings (SSSR count). The zero-order valence-corrected chi connectivity index (χ0v) is 9.00. The van der Waals surface area contributed by atoms with Gasteiger partial charge in [0.15, 0.2) is 0 Å². The molecule has 0 radical (unpaired) electrons. The zero-order chi connectivity index (χ0) is 10.1. The second-order valence-electron chi connectivity index (χ2n) is 3.25. The van der Waals surface area contributed by atoms with E-state index in [0.717, 1.165) is 35.1 Å². The monoisotopic (exact) mass is 256 g/mol. The maximum Gasteiger partial charge on any atom is 0.270 e. The summed E-state index contributed by atoms with van der Waals surface area (Å²) < 4.78 is 0.828. The van der Waals surface area contributed by atoms with Crippen LogP contribution in [-0.4, -0.2) is 11.5 Å². The standard InChI is InChI=1S/C9H9BrN2O2/c10-9-4-7(12(13)14)3-6-1-2-11-5-8(6)9/h3-4,11H,1-2,5H2. The van der Waals surface area contributed by atoms with Crippen LogP contribution in [-0.2, 0) is 13.0 Å². The summed E-state index contributed by atoms with van der Waals surface area (Å²) in [5.74, 6) is 0. The van der Waals surface area contributed by atoms with E-state index in [-0.39, 0.29) is 10.6 Å². The second kappa shape index (κ2) is 3.67. The highest BCUT2D eigenvalue weighted by atomic mass is 79.9. The van der Waals surface area contributed by atoms with Crippen molar-refractivity contribution in [3.8, 4) is 0 Å². The van der Waals surface area contributed by atoms with Crippen molar-refractivity contribution in [2.45, 2.75) is 13.0 Å². The van der Waals surface area contributed by atoms with Crippen LogP contribution in [0.1, 0.15) is 11.1 Å². The molecule has 1 aromatic carbocycles. The minimum absolute atomic E-state index is 0.164. The zero-order valence-electron chi connectivity index (χ0n) is 7.42. The van der Waals surface area contributed by atoms with Crippen LogP contribution in [0.3, 0.4) is 0 Å². The predicted molar refractivity (Wildman–Crippen MR) is 56.2 cm³/mol. The normalized spacial score (nSPS) is 14.9. The van der Waals surface area contributed by atoms with Gasteiger partial charge in [-0.05, 0) is 24.1 Å². The average molecular weight is 257 g/mol. The summed E-state index contributed by atoms with van der Waals surface area (Å²) in [5.41, 5.74) is 2.38. The molecule has 0 aromatic heterocycles. The number of fused-ring (bicyclic) bond motifs is 1. The number of nitro benzene ring substituents is 1. The van der Waals surface area contributed by atoms with E-state index in [4.69, 9.17) is 0 Å². The molecule has 0 fully saturated rings. The fraction of sp³-hybridized carbons (Fsp3) is 0.333. The van der Waals surface area contributed by atoms with Crippen molar-refractivity contribution >= 4 is 21.6 Å². The quantitative estimate of drug-likeness (QED) is 0.618. The van der Waals surface area contributed by atoms with Gasteiger partial charge >= 0.3 is 0 Å². The van der Waals surface area contributed by atoms with Gasteiger partial charge in [-0.2, -0.15) is 0 Å². The Hall–Kier alpha value is -0.940. The molecule has 4 nitrogen and oxygen atoms in total. The smallest absolute Gasteiger partial charge is 0.270 e. The van der Waals surface area contributed by atoms with Gasteiger partial charge < -0.3 is 5.32 Å². The van der Waals surface area contributed by atoms with Crippen molar-refractivity contribution in [1.29, 1.82) is 0 Å². The molecule has 5 heteroatoms. The molecule has 1 aliphatic heterocycles. The van der Waals surface area contributed by atoms with Crippen LogP contribution in [0.25, 0.3) is 0 Å². The van der Waals surface area contributed by atoms with E-state index < -0.39 is 0 Å². The largest absolute Gasteiger partial charge is 0.312 e. The first-order chi connectivity index (χ1) is 6.68. The summed E-state index contributed by atoms with van der Waals surface area (Å²) in [7, 11) is 0. The number of hydrogen-bond donors (Lipinski definition) is 1. The summed E-state index contributed by atoms with van der Waals surface area (Å²) in [6.07, 6.45) is 0.857. The summed E-state index contributed by atoms with van der Waals surface area (Å²) >= 11 is 3.36. The molecule has 14 heavy (non-hydrogen) atoms. The number of rotatable bonds is 1. The SMILES string of the molecule is O=[N+]([O-])c1cc(Br)c2c(c1)CCNC2. The maximum atomic E-state index is 10.6. The van der Waals surface area contributed by atoms with E-state index in [1.54, 1.807) is 12.1 Å². The number of nitrogens with zero attached hydrogens (tertiary/aromatic N) is 1. The van der Waals surface area contributed by atoms with E-state index in [2.05, 4.69) is 21.2 Å². The van der Waals surface area contributed by atoms with Crippen LogP contribution in [0.5, 0.6) is 0 Å². The van der Waals surface area contributed by atoms with Gasteiger partial charge in [0, 0.05) is 23.2 Å². The number of nitrogens with one attached hydrogen (secondary N) is 1. The Morgan fingerprint density at radius 3 is 3.00 bits per heavy atom. The van der Waals surface area contributed by atoms with E-state index in [1.165, 1.54) is 0 Å². The molecule has 0 saturated heterocycles. The van der Waals surface area contributed by atoms with Gasteiger partial charge in [0.2, 0.25) is 0 Å². The third kappa shape index (κ3) is 1.65. The van der Waals surface area contributed by atoms with Gasteiger partial charge in [0.1, 0.15) is 0 Å². The second-order valence-corrected chi connectivity index (χ2v) is 4.10. The predicted octanol–water partition coefficient (Wildman–Crippen LogP) is 2.00. The van der Waals surface area contributed by atoms with Gasteiger partial charge in [-0.1, -0.05) is 15.9 Å². The third-order valence-corrected chi connectivity index (χ3v) is 3.06. The molecule has 0 amide bonds. The van der Waals surface area contributed by atoms with Crippen molar-refractivity contribution in [3.05, 3.63) is 37.8 Å². The van der Waals surface area contributed by atoms with Gasteiger partial charge in [0.25, 0.3) is 5.69 Å². The number of benzene rings is 1. The van der Waals surface area contributed by atoms with Crippen LogP contribution >= 0.6 is 15.9 Å². The highest BCUT2D eigenvalue weighted by molar-refractivity contribution is 9.10. The molecule has 0 saturated carbocycles. The lowest BCUT2D eigenvalue weighted by molar-refractivity contribution is -0.385. The van der Waals surface area contributed by atoms with Crippen molar-refractivity contribution in [2.24, 2.45) is 0 Å². The lowest BCUT2D eigenvalue weighted by Crippen LogP contribution is -2.24. The molecule has 0 unspecified atom stereocenters. The van der Waals surface area contributed by atoms with Gasteiger partial charge in [-0.25, -0.2) is 0 Å². The first kappa shape index (κ1) is 9.61. The summed E-state index contributed by atoms with van der Waals surface area (Å²) in [4.78, 5) is 10.3. The van der Waals surface area contributed by atoms with Gasteiger partial charge in [-0.15, -0.1) is 0 Å². The molecule has 1 heterocycles. The van der Waals surface area contributed by atoms with Crippen molar-refractivity contribution in [3.63, 3.8) is 0 Å². The van der Waals surface area contributed by atoms with Gasteiger partial charge in [0.05, 0.1) is 4.92 Å². The number of halogens is 1. The minimum Gasteiger partial charge on any atom is -0.312 e. The van der Waals surface area contributed by atoms with Crippen molar-refractivity contribution in [2.75, 3.05) is 6.54 Å². The molecule has 0 aliphatic carbocycles. The lowest BCUT2D eigenvalue weighted by Gasteiger charge is -2.17. The number of non-ortho nitro benzene ring substituents is 1. The Kier molecular flexibility index (Phi) is 2.52. The van der Waals surface area contributed by atoms with E-state index in [1.807, 2.05) is 0 Å². The third-order valence-electron chi connectivity index (χ3n) is 2.36. The van der Waals surface area contributed by atoms with E-state index in [9.17, 15) is 10.1 Å². The Bertz CT molecular complexity index is 393. The fourth-order valence-corrected chi connectivity index (χ4v) is 2.27. The van der Waals surface area contributed by atoms with E-state index >= 15 is 0 Å². The molecule has 1 N–H and O–H groups in total. The topological polar surface area (TPSA) is 55.2 Å². The number of hydrogen-bond acceptors (Lipinski definition) is 3. The Balaban J connectivity index is 2.51. The van der Waals surface area contributed by atoms with Crippen LogP contribution in [0.15, 0.2) is 16.6 Å². The van der Waals surface area contributed by atoms with Gasteiger partial charge in [-0.3, -0.25) is 10.1 Å². The van der Waals surface area contributed by atoms with Crippen molar-refractivity contribution < 1.29 is 4.92 Å². The van der Waals surface area contributed by atoms with Crippen LogP contribution < -0.4 is 5.32 Å². The first-order valence-corrected chi connectivity index (χ1v) is 5.14. The molecule has 74 valence electrons. The summed E-state index contributed by atoms with van der Waals surface area (Å²) in [5, 5.41) is 13.8.